The SMILES string of the molecule is CC(C)N1CC(OCCCO)C1. The highest BCUT2D eigenvalue weighted by Gasteiger charge is 2.28. The fourth-order valence-corrected chi connectivity index (χ4v) is 1.31. The first-order valence-corrected chi connectivity index (χ1v) is 4.70. The Kier molecular flexibility index (Phi) is 3.98. The van der Waals surface area contributed by atoms with Crippen LogP contribution in [0.25, 0.3) is 0 Å². The van der Waals surface area contributed by atoms with Crippen molar-refractivity contribution in [3.63, 3.8) is 0 Å². The van der Waals surface area contributed by atoms with Crippen molar-refractivity contribution >= 4 is 0 Å². The highest BCUT2D eigenvalue weighted by Crippen LogP contribution is 2.14. The van der Waals surface area contributed by atoms with Crippen molar-refractivity contribution in [2.75, 3.05) is 26.3 Å². The highest BCUT2D eigenvalue weighted by molar-refractivity contribution is 4.82. The van der Waals surface area contributed by atoms with Gasteiger partial charge in [0.05, 0.1) is 6.10 Å². The first kappa shape index (κ1) is 9.96. The Morgan fingerprint density at radius 3 is 2.67 bits per heavy atom. The maximum atomic E-state index is 8.52. The van der Waals surface area contributed by atoms with Gasteiger partial charge in [-0.15, -0.1) is 0 Å². The van der Waals surface area contributed by atoms with Crippen molar-refractivity contribution in [2.45, 2.75) is 32.4 Å². The van der Waals surface area contributed by atoms with E-state index in [1.54, 1.807) is 0 Å². The lowest BCUT2D eigenvalue weighted by Gasteiger charge is -2.41. The summed E-state index contributed by atoms with van der Waals surface area (Å²) in [5, 5.41) is 8.52. The quantitative estimate of drug-likeness (QED) is 0.614. The molecule has 0 spiro atoms. The van der Waals surface area contributed by atoms with Crippen molar-refractivity contribution in [1.29, 1.82) is 0 Å². The number of aliphatic hydroxyl groups is 1. The molecule has 1 N–H and O–H groups in total. The van der Waals surface area contributed by atoms with E-state index in [4.69, 9.17) is 9.84 Å². The van der Waals surface area contributed by atoms with E-state index in [0.29, 0.717) is 18.8 Å². The maximum Gasteiger partial charge on any atom is 0.0828 e. The molecule has 0 aromatic rings. The van der Waals surface area contributed by atoms with Gasteiger partial charge in [-0.25, -0.2) is 0 Å². The third-order valence-electron chi connectivity index (χ3n) is 2.26. The van der Waals surface area contributed by atoms with Crippen LogP contribution in [0.5, 0.6) is 0 Å². The Balaban J connectivity index is 1.95. The normalized spacial score (nSPS) is 20.0. The summed E-state index contributed by atoms with van der Waals surface area (Å²) in [5.41, 5.74) is 0. The van der Waals surface area contributed by atoms with Gasteiger partial charge in [-0.05, 0) is 20.3 Å². The van der Waals surface area contributed by atoms with E-state index < -0.39 is 0 Å². The largest absolute Gasteiger partial charge is 0.396 e. The number of likely N-dealkylation sites (tertiary alicyclic amines) is 1. The number of nitrogens with zero attached hydrogens (tertiary/aromatic N) is 1. The van der Waals surface area contributed by atoms with E-state index in [0.717, 1.165) is 19.5 Å². The van der Waals surface area contributed by atoms with Crippen LogP contribution in [0.4, 0.5) is 0 Å². The van der Waals surface area contributed by atoms with E-state index in [1.807, 2.05) is 0 Å². The van der Waals surface area contributed by atoms with Crippen LogP contribution in [-0.2, 0) is 4.74 Å². The molecule has 0 bridgehead atoms. The average Bonchev–Trinajstić information content (AvgIpc) is 1.93. The Bertz CT molecular complexity index is 122. The molecule has 1 rings (SSSR count). The van der Waals surface area contributed by atoms with E-state index in [-0.39, 0.29) is 6.61 Å². The lowest BCUT2D eigenvalue weighted by Crippen LogP contribution is -2.55. The summed E-state index contributed by atoms with van der Waals surface area (Å²) < 4.78 is 5.50. The smallest absolute Gasteiger partial charge is 0.0828 e. The predicted octanol–water partition coefficient (Wildman–Crippen LogP) is 0.478. The minimum atomic E-state index is 0.237. The zero-order valence-corrected chi connectivity index (χ0v) is 7.99. The van der Waals surface area contributed by atoms with Crippen LogP contribution in [-0.4, -0.2) is 48.5 Å². The van der Waals surface area contributed by atoms with Crippen molar-refractivity contribution in [1.82, 2.24) is 4.90 Å². The summed E-state index contributed by atoms with van der Waals surface area (Å²) in [5.74, 6) is 0. The zero-order chi connectivity index (χ0) is 8.97. The molecule has 12 heavy (non-hydrogen) atoms. The second-order valence-electron chi connectivity index (χ2n) is 3.62. The highest BCUT2D eigenvalue weighted by atomic mass is 16.5. The Morgan fingerprint density at radius 1 is 1.50 bits per heavy atom. The molecule has 1 aliphatic rings. The summed E-state index contributed by atoms with van der Waals surface area (Å²) >= 11 is 0. The van der Waals surface area contributed by atoms with Gasteiger partial charge in [0.1, 0.15) is 0 Å². The molecule has 1 heterocycles. The second kappa shape index (κ2) is 4.80. The molecular formula is C9H19NO2. The maximum absolute atomic E-state index is 8.52. The zero-order valence-electron chi connectivity index (χ0n) is 7.99. The predicted molar refractivity (Wildman–Crippen MR) is 48.2 cm³/mol. The Hall–Kier alpha value is -0.120. The molecule has 0 atom stereocenters. The minimum Gasteiger partial charge on any atom is -0.396 e. The first-order valence-electron chi connectivity index (χ1n) is 4.70. The molecule has 0 aliphatic carbocycles. The van der Waals surface area contributed by atoms with E-state index in [1.165, 1.54) is 0 Å². The molecule has 0 aromatic carbocycles. The molecule has 0 aromatic heterocycles. The number of ether oxygens (including phenoxy) is 1. The molecule has 0 saturated carbocycles. The van der Waals surface area contributed by atoms with Crippen molar-refractivity contribution in [3.05, 3.63) is 0 Å². The molecule has 0 radical (unpaired) electrons. The van der Waals surface area contributed by atoms with Crippen molar-refractivity contribution < 1.29 is 9.84 Å². The number of hydrogen-bond donors (Lipinski definition) is 1. The second-order valence-corrected chi connectivity index (χ2v) is 3.62. The lowest BCUT2D eigenvalue weighted by atomic mass is 10.1. The third kappa shape index (κ3) is 2.73. The van der Waals surface area contributed by atoms with Crippen LogP contribution < -0.4 is 0 Å². The summed E-state index contributed by atoms with van der Waals surface area (Å²) in [6.07, 6.45) is 1.18. The van der Waals surface area contributed by atoms with Crippen LogP contribution in [0.15, 0.2) is 0 Å². The molecular weight excluding hydrogens is 154 g/mol. The summed E-state index contributed by atoms with van der Waals surface area (Å²) in [6, 6.07) is 0.641. The summed E-state index contributed by atoms with van der Waals surface area (Å²) in [4.78, 5) is 2.38. The average molecular weight is 173 g/mol. The number of hydrogen-bond acceptors (Lipinski definition) is 3. The topological polar surface area (TPSA) is 32.7 Å². The van der Waals surface area contributed by atoms with Gasteiger partial charge in [-0.3, -0.25) is 4.90 Å². The molecule has 3 heteroatoms. The van der Waals surface area contributed by atoms with Crippen LogP contribution in [0.3, 0.4) is 0 Å². The van der Waals surface area contributed by atoms with Crippen LogP contribution >= 0.6 is 0 Å². The Morgan fingerprint density at radius 2 is 2.17 bits per heavy atom. The summed E-state index contributed by atoms with van der Waals surface area (Å²) in [7, 11) is 0. The van der Waals surface area contributed by atoms with Crippen molar-refractivity contribution in [2.24, 2.45) is 0 Å². The van der Waals surface area contributed by atoms with E-state index >= 15 is 0 Å². The van der Waals surface area contributed by atoms with E-state index in [2.05, 4.69) is 18.7 Å². The van der Waals surface area contributed by atoms with Gasteiger partial charge in [0, 0.05) is 32.3 Å². The molecule has 3 nitrogen and oxygen atoms in total. The molecule has 0 unspecified atom stereocenters. The van der Waals surface area contributed by atoms with Crippen LogP contribution in [0.2, 0.25) is 0 Å². The van der Waals surface area contributed by atoms with Gasteiger partial charge in [0.2, 0.25) is 0 Å². The minimum absolute atomic E-state index is 0.237. The van der Waals surface area contributed by atoms with Gasteiger partial charge < -0.3 is 9.84 Å². The number of rotatable bonds is 5. The van der Waals surface area contributed by atoms with Gasteiger partial charge >= 0.3 is 0 Å². The standard InChI is InChI=1S/C9H19NO2/c1-8(2)10-6-9(7-10)12-5-3-4-11/h8-9,11H,3-7H2,1-2H3. The molecule has 1 aliphatic heterocycles. The van der Waals surface area contributed by atoms with Crippen LogP contribution in [0, 0.1) is 0 Å². The molecule has 0 amide bonds. The Labute approximate surface area is 74.3 Å². The summed E-state index contributed by atoms with van der Waals surface area (Å²) in [6.45, 7) is 7.45. The molecule has 1 fully saturated rings. The fraction of sp³-hybridized carbons (Fsp3) is 1.00. The number of aliphatic hydroxyl groups excluding tert-OH is 1. The van der Waals surface area contributed by atoms with Gasteiger partial charge in [0.15, 0.2) is 0 Å². The monoisotopic (exact) mass is 173 g/mol. The third-order valence-corrected chi connectivity index (χ3v) is 2.26. The van der Waals surface area contributed by atoms with Crippen LogP contribution in [0.1, 0.15) is 20.3 Å². The van der Waals surface area contributed by atoms with Gasteiger partial charge in [-0.2, -0.15) is 0 Å². The fourth-order valence-electron chi connectivity index (χ4n) is 1.31. The lowest BCUT2D eigenvalue weighted by molar-refractivity contribution is -0.0688. The van der Waals surface area contributed by atoms with Gasteiger partial charge in [0.25, 0.3) is 0 Å². The first-order chi connectivity index (χ1) is 5.74. The van der Waals surface area contributed by atoms with Crippen molar-refractivity contribution in [3.8, 4) is 0 Å². The van der Waals surface area contributed by atoms with Gasteiger partial charge in [-0.1, -0.05) is 0 Å². The molecule has 1 saturated heterocycles. The van der Waals surface area contributed by atoms with E-state index in [9.17, 15) is 0 Å². The molecule has 72 valence electrons.